The zero-order valence-electron chi connectivity index (χ0n) is 16.7. The van der Waals surface area contributed by atoms with Crippen molar-refractivity contribution < 1.29 is 19.4 Å². The second-order valence-corrected chi connectivity index (χ2v) is 10.5. The van der Waals surface area contributed by atoms with Crippen molar-refractivity contribution in [2.24, 2.45) is 0 Å². The van der Waals surface area contributed by atoms with Crippen LogP contribution in [0.2, 0.25) is 0 Å². The number of rotatable bonds is 6. The molecule has 0 atom stereocenters. The molecule has 1 aliphatic heterocycles. The van der Waals surface area contributed by atoms with Crippen molar-refractivity contribution in [2.75, 3.05) is 13.2 Å². The molecule has 1 saturated heterocycles. The minimum Gasteiger partial charge on any atom is -0.506 e. The molecular weight excluding hydrogens is 628 g/mol. The third kappa shape index (κ3) is 5.31. The zero-order chi connectivity index (χ0) is 22.0. The fraction of sp³-hybridized carbons (Fsp3) is 0.273. The number of phenols is 1. The molecule has 1 heterocycles. The number of aryl methyl sites for hydroxylation is 1. The van der Waals surface area contributed by atoms with Crippen molar-refractivity contribution in [2.45, 2.75) is 26.7 Å². The number of amides is 2. The van der Waals surface area contributed by atoms with Crippen molar-refractivity contribution >= 4 is 74.2 Å². The summed E-state index contributed by atoms with van der Waals surface area (Å²) in [6, 6.07) is 9.64. The molecule has 8 heteroatoms. The highest BCUT2D eigenvalue weighted by atomic mass is 127. The van der Waals surface area contributed by atoms with Crippen LogP contribution in [0.1, 0.15) is 36.5 Å². The summed E-state index contributed by atoms with van der Waals surface area (Å²) in [6.45, 7) is 6.64. The molecule has 1 aliphatic rings. The minimum atomic E-state index is -0.319. The Morgan fingerprint density at radius 3 is 2.47 bits per heavy atom. The van der Waals surface area contributed by atoms with Gasteiger partial charge in [0.05, 0.1) is 18.6 Å². The molecule has 0 aromatic heterocycles. The van der Waals surface area contributed by atoms with E-state index < -0.39 is 0 Å². The van der Waals surface area contributed by atoms with E-state index in [1.54, 1.807) is 18.2 Å². The predicted octanol–water partition coefficient (Wildman–Crippen LogP) is 6.15. The van der Waals surface area contributed by atoms with E-state index in [1.807, 2.05) is 58.2 Å². The highest BCUT2D eigenvalue weighted by Gasteiger charge is 2.34. The molecule has 5 nitrogen and oxygen atoms in total. The van der Waals surface area contributed by atoms with E-state index >= 15 is 0 Å². The summed E-state index contributed by atoms with van der Waals surface area (Å²) < 4.78 is 7.32. The average Bonchev–Trinajstić information content (AvgIpc) is 2.93. The third-order valence-electron chi connectivity index (χ3n) is 4.57. The minimum absolute atomic E-state index is 0.193. The van der Waals surface area contributed by atoms with Gasteiger partial charge in [0.2, 0.25) is 0 Å². The van der Waals surface area contributed by atoms with Gasteiger partial charge in [0.15, 0.2) is 0 Å². The third-order valence-corrected chi connectivity index (χ3v) is 7.13. The van der Waals surface area contributed by atoms with Crippen molar-refractivity contribution in [3.8, 4) is 11.5 Å². The number of phenolic OH excluding ortho intramolecular Hbond substituents is 1. The summed E-state index contributed by atoms with van der Waals surface area (Å²) in [4.78, 5) is 26.7. The number of carbonyl (C=O) groups is 2. The van der Waals surface area contributed by atoms with Gasteiger partial charge in [-0.15, -0.1) is 0 Å². The number of hydrogen-bond acceptors (Lipinski definition) is 5. The van der Waals surface area contributed by atoms with Crippen molar-refractivity contribution in [1.29, 1.82) is 0 Å². The van der Waals surface area contributed by atoms with E-state index in [2.05, 4.69) is 26.0 Å². The lowest BCUT2D eigenvalue weighted by atomic mass is 10.0. The van der Waals surface area contributed by atoms with Gasteiger partial charge in [-0.25, -0.2) is 0 Å². The molecule has 0 radical (unpaired) electrons. The van der Waals surface area contributed by atoms with Crippen LogP contribution in [0.15, 0.2) is 35.2 Å². The van der Waals surface area contributed by atoms with Gasteiger partial charge in [-0.1, -0.05) is 26.0 Å². The van der Waals surface area contributed by atoms with Crippen LogP contribution in [-0.2, 0) is 4.79 Å². The largest absolute Gasteiger partial charge is 0.506 e. The van der Waals surface area contributed by atoms with Crippen LogP contribution in [0.3, 0.4) is 0 Å². The highest BCUT2D eigenvalue weighted by Crippen LogP contribution is 2.34. The van der Waals surface area contributed by atoms with Crippen molar-refractivity contribution in [3.05, 3.63) is 59.1 Å². The molecule has 2 amide bonds. The first-order chi connectivity index (χ1) is 14.2. The lowest BCUT2D eigenvalue weighted by Crippen LogP contribution is -2.32. The van der Waals surface area contributed by atoms with Gasteiger partial charge in [0.25, 0.3) is 11.1 Å². The van der Waals surface area contributed by atoms with Gasteiger partial charge in [0, 0.05) is 0 Å². The molecule has 1 N–H and O–H groups in total. The number of nitrogens with zero attached hydrogens (tertiary/aromatic N) is 1. The monoisotopic (exact) mass is 649 g/mol. The van der Waals surface area contributed by atoms with Crippen LogP contribution in [0, 0.1) is 14.1 Å². The Morgan fingerprint density at radius 1 is 1.17 bits per heavy atom. The zero-order valence-corrected chi connectivity index (χ0v) is 21.9. The normalized spacial score (nSPS) is 15.5. The van der Waals surface area contributed by atoms with Crippen molar-refractivity contribution in [1.82, 2.24) is 4.90 Å². The predicted molar refractivity (Wildman–Crippen MR) is 137 cm³/mol. The number of halogens is 2. The van der Waals surface area contributed by atoms with Gasteiger partial charge in [-0.2, -0.15) is 0 Å². The van der Waals surface area contributed by atoms with E-state index in [-0.39, 0.29) is 30.0 Å². The van der Waals surface area contributed by atoms with E-state index in [1.165, 1.54) is 4.90 Å². The van der Waals surface area contributed by atoms with E-state index in [4.69, 9.17) is 4.74 Å². The molecule has 0 spiro atoms. The fourth-order valence-electron chi connectivity index (χ4n) is 3.00. The number of aromatic hydroxyl groups is 1. The number of benzene rings is 2. The second kappa shape index (κ2) is 9.90. The smallest absolute Gasteiger partial charge is 0.293 e. The average molecular weight is 649 g/mol. The number of carbonyl (C=O) groups excluding carboxylic acids is 2. The first kappa shape index (κ1) is 23.4. The Morgan fingerprint density at radius 2 is 1.83 bits per heavy atom. The van der Waals surface area contributed by atoms with Gasteiger partial charge < -0.3 is 9.84 Å². The topological polar surface area (TPSA) is 66.8 Å². The lowest BCUT2D eigenvalue weighted by Gasteiger charge is -2.17. The van der Waals surface area contributed by atoms with Gasteiger partial charge in [-0.3, -0.25) is 14.5 Å². The summed E-state index contributed by atoms with van der Waals surface area (Å²) in [6.07, 6.45) is 1.69. The molecule has 0 unspecified atom stereocenters. The van der Waals surface area contributed by atoms with Crippen LogP contribution in [0.25, 0.3) is 6.08 Å². The standard InChI is InChI=1S/C22H21I2NO4S/c1-12(2)15-5-4-13(3)8-18(15)29-7-6-25-21(27)19(30-22(25)28)11-14-9-16(23)20(26)17(24)10-14/h4-5,8-12,26H,6-7H2,1-3H3/b19-11-. The van der Waals surface area contributed by atoms with Crippen molar-refractivity contribution in [3.63, 3.8) is 0 Å². The summed E-state index contributed by atoms with van der Waals surface area (Å²) >= 11 is 5.00. The molecule has 2 aromatic rings. The van der Waals surface area contributed by atoms with E-state index in [9.17, 15) is 14.7 Å². The summed E-state index contributed by atoms with van der Waals surface area (Å²) in [5, 5.41) is 9.61. The molecular formula is C22H21I2NO4S. The SMILES string of the molecule is Cc1ccc(C(C)C)c(OCCN2C(=O)S/C(=C\c3cc(I)c(O)c(I)c3)C2=O)c1. The highest BCUT2D eigenvalue weighted by molar-refractivity contribution is 14.1. The van der Waals surface area contributed by atoms with Gasteiger partial charge in [-0.05, 0) is 111 Å². The number of thioether (sulfide) groups is 1. The van der Waals surface area contributed by atoms with E-state index in [0.29, 0.717) is 18.0 Å². The lowest BCUT2D eigenvalue weighted by molar-refractivity contribution is -0.123. The van der Waals surface area contributed by atoms with Gasteiger partial charge in [0.1, 0.15) is 18.1 Å². The Kier molecular flexibility index (Phi) is 7.72. The first-order valence-corrected chi connectivity index (χ1v) is 12.3. The van der Waals surface area contributed by atoms with Gasteiger partial charge >= 0.3 is 0 Å². The second-order valence-electron chi connectivity index (χ2n) is 7.21. The number of ether oxygens (including phenoxy) is 1. The molecule has 0 aliphatic carbocycles. The summed E-state index contributed by atoms with van der Waals surface area (Å²) in [5.74, 6) is 1.01. The molecule has 1 fully saturated rings. The Bertz CT molecular complexity index is 1010. The van der Waals surface area contributed by atoms with Crippen LogP contribution in [0.4, 0.5) is 4.79 Å². The van der Waals surface area contributed by atoms with Crippen LogP contribution in [-0.4, -0.2) is 34.3 Å². The Labute approximate surface area is 207 Å². The van der Waals surface area contributed by atoms with Crippen LogP contribution < -0.4 is 4.74 Å². The Hall–Kier alpha value is -1.27. The molecule has 2 aromatic carbocycles. The maximum Gasteiger partial charge on any atom is 0.293 e. The van der Waals surface area contributed by atoms with Crippen LogP contribution in [0.5, 0.6) is 11.5 Å². The maximum absolute atomic E-state index is 12.7. The molecule has 30 heavy (non-hydrogen) atoms. The van der Waals surface area contributed by atoms with Crippen LogP contribution >= 0.6 is 56.9 Å². The molecule has 0 bridgehead atoms. The van der Waals surface area contributed by atoms with E-state index in [0.717, 1.165) is 34.2 Å². The number of imide groups is 1. The molecule has 3 rings (SSSR count). The summed E-state index contributed by atoms with van der Waals surface area (Å²) in [5.41, 5.74) is 2.97. The summed E-state index contributed by atoms with van der Waals surface area (Å²) in [7, 11) is 0. The quantitative estimate of drug-likeness (QED) is 0.301. The first-order valence-electron chi connectivity index (χ1n) is 9.34. The maximum atomic E-state index is 12.7. The Balaban J connectivity index is 1.70. The molecule has 158 valence electrons. The fourth-order valence-corrected chi connectivity index (χ4v) is 5.68. The molecule has 0 saturated carbocycles. The number of hydrogen-bond donors (Lipinski definition) is 1.